The van der Waals surface area contributed by atoms with Gasteiger partial charge < -0.3 is 10.1 Å². The van der Waals surface area contributed by atoms with Gasteiger partial charge in [-0.2, -0.15) is 0 Å². The van der Waals surface area contributed by atoms with Gasteiger partial charge in [0.15, 0.2) is 0 Å². The molecule has 0 saturated carbocycles. The van der Waals surface area contributed by atoms with E-state index in [2.05, 4.69) is 30.6 Å². The van der Waals surface area contributed by atoms with Crippen molar-refractivity contribution in [3.8, 4) is 0 Å². The summed E-state index contributed by atoms with van der Waals surface area (Å²) in [5.74, 6) is 0.565. The number of aliphatic hydroxyl groups is 1. The molecule has 6 nitrogen and oxygen atoms in total. The summed E-state index contributed by atoms with van der Waals surface area (Å²) in [7, 11) is -3.73. The summed E-state index contributed by atoms with van der Waals surface area (Å²) in [5.41, 5.74) is 0.532. The van der Waals surface area contributed by atoms with Gasteiger partial charge in [-0.15, -0.1) is 0 Å². The molecule has 0 spiro atoms. The zero-order valence-electron chi connectivity index (χ0n) is 11.4. The van der Waals surface area contributed by atoms with Crippen LogP contribution in [0.3, 0.4) is 0 Å². The van der Waals surface area contributed by atoms with Crippen molar-refractivity contribution in [2.24, 2.45) is 0 Å². The average molecular weight is 374 g/mol. The maximum atomic E-state index is 12.5. The fraction of sp³-hybridized carbons (Fsp3) is 0.308. The number of benzene rings is 1. The molecule has 114 valence electrons. The number of aromatic amines is 1. The van der Waals surface area contributed by atoms with Crippen LogP contribution in [0.5, 0.6) is 0 Å². The Morgan fingerprint density at radius 1 is 1.48 bits per heavy atom. The van der Waals surface area contributed by atoms with Crippen molar-refractivity contribution in [3.63, 3.8) is 0 Å². The molecule has 1 atom stereocenters. The number of halogens is 1. The molecule has 3 N–H and O–H groups in total. The highest BCUT2D eigenvalue weighted by Crippen LogP contribution is 2.25. The Labute approximate surface area is 131 Å². The molecule has 8 heteroatoms. The summed E-state index contributed by atoms with van der Waals surface area (Å²) in [6, 6.07) is 4.28. The number of aromatic nitrogens is 2. The Kier molecular flexibility index (Phi) is 5.15. The first-order chi connectivity index (χ1) is 9.97. The summed E-state index contributed by atoms with van der Waals surface area (Å²) in [5, 5.41) is 9.15. The first kappa shape index (κ1) is 16.2. The van der Waals surface area contributed by atoms with Gasteiger partial charge in [-0.3, -0.25) is 0 Å². The van der Waals surface area contributed by atoms with Gasteiger partial charge in [-0.1, -0.05) is 13.0 Å². The monoisotopic (exact) mass is 373 g/mol. The van der Waals surface area contributed by atoms with Crippen molar-refractivity contribution in [1.82, 2.24) is 14.7 Å². The summed E-state index contributed by atoms with van der Waals surface area (Å²) < 4.78 is 28.1. The molecule has 2 rings (SSSR count). The van der Waals surface area contributed by atoms with Crippen LogP contribution in [-0.2, 0) is 16.6 Å². The lowest BCUT2D eigenvalue weighted by Gasteiger charge is -2.16. The third kappa shape index (κ3) is 3.70. The van der Waals surface area contributed by atoms with Crippen molar-refractivity contribution in [2.75, 3.05) is 0 Å². The van der Waals surface area contributed by atoms with E-state index in [-0.39, 0.29) is 11.5 Å². The van der Waals surface area contributed by atoms with Gasteiger partial charge >= 0.3 is 0 Å². The summed E-state index contributed by atoms with van der Waals surface area (Å²) in [6.07, 6.45) is 3.78. The zero-order chi connectivity index (χ0) is 15.5. The number of nitrogens with one attached hydrogen (secondary N) is 2. The predicted molar refractivity (Wildman–Crippen MR) is 82.0 cm³/mol. The lowest BCUT2D eigenvalue weighted by Crippen LogP contribution is -2.29. The van der Waals surface area contributed by atoms with E-state index in [1.807, 2.05) is 6.92 Å². The summed E-state index contributed by atoms with van der Waals surface area (Å²) >= 11 is 3.23. The van der Waals surface area contributed by atoms with Gasteiger partial charge in [0.05, 0.1) is 17.5 Å². The number of sulfonamides is 1. The minimum absolute atomic E-state index is 0.0963. The number of H-pyrrole nitrogens is 1. The van der Waals surface area contributed by atoms with Gasteiger partial charge in [-0.05, 0) is 40.0 Å². The molecule has 0 radical (unpaired) electrons. The summed E-state index contributed by atoms with van der Waals surface area (Å²) in [4.78, 5) is 7.09. The van der Waals surface area contributed by atoms with E-state index >= 15 is 0 Å². The van der Waals surface area contributed by atoms with Crippen LogP contribution in [0.4, 0.5) is 0 Å². The topological polar surface area (TPSA) is 95.1 Å². The van der Waals surface area contributed by atoms with E-state index in [1.54, 1.807) is 24.5 Å². The highest BCUT2D eigenvalue weighted by Gasteiger charge is 2.24. The Bertz CT molecular complexity index is 701. The first-order valence-electron chi connectivity index (χ1n) is 6.38. The Morgan fingerprint density at radius 3 is 2.81 bits per heavy atom. The quantitative estimate of drug-likeness (QED) is 0.722. The Morgan fingerprint density at radius 2 is 2.24 bits per heavy atom. The van der Waals surface area contributed by atoms with E-state index in [1.165, 1.54) is 6.07 Å². The molecule has 0 saturated heterocycles. The number of rotatable bonds is 6. The van der Waals surface area contributed by atoms with Crippen LogP contribution in [-0.4, -0.2) is 23.5 Å². The Hall–Kier alpha value is -1.22. The third-order valence-electron chi connectivity index (χ3n) is 3.02. The fourth-order valence-corrected chi connectivity index (χ4v) is 4.20. The molecule has 0 amide bonds. The first-order valence-corrected chi connectivity index (χ1v) is 8.66. The van der Waals surface area contributed by atoms with Crippen molar-refractivity contribution >= 4 is 26.0 Å². The van der Waals surface area contributed by atoms with Crippen molar-refractivity contribution in [3.05, 3.63) is 46.5 Å². The summed E-state index contributed by atoms with van der Waals surface area (Å²) in [6.45, 7) is 1.65. The van der Waals surface area contributed by atoms with Crippen LogP contribution in [0.25, 0.3) is 0 Å². The van der Waals surface area contributed by atoms with Crippen LogP contribution in [0, 0.1) is 0 Å². The van der Waals surface area contributed by atoms with Crippen LogP contribution in [0.15, 0.2) is 40.0 Å². The maximum Gasteiger partial charge on any atom is 0.242 e. The average Bonchev–Trinajstić information content (AvgIpc) is 2.99. The van der Waals surface area contributed by atoms with Crippen molar-refractivity contribution < 1.29 is 13.5 Å². The normalized spacial score (nSPS) is 13.3. The number of hydrogen-bond donors (Lipinski definition) is 3. The molecule has 1 aromatic carbocycles. The molecular formula is C13H16BrN3O3S. The van der Waals surface area contributed by atoms with Gasteiger partial charge in [0, 0.05) is 16.9 Å². The SMILES string of the molecule is CCC(NS(=O)(=O)c1cc(CO)ccc1Br)c1ncc[nH]1. The van der Waals surface area contributed by atoms with E-state index in [9.17, 15) is 8.42 Å². The highest BCUT2D eigenvalue weighted by molar-refractivity contribution is 9.10. The van der Waals surface area contributed by atoms with Crippen LogP contribution >= 0.6 is 15.9 Å². The van der Waals surface area contributed by atoms with Crippen molar-refractivity contribution in [1.29, 1.82) is 0 Å². The lowest BCUT2D eigenvalue weighted by atomic mass is 10.2. The van der Waals surface area contributed by atoms with Crippen LogP contribution in [0.2, 0.25) is 0 Å². The van der Waals surface area contributed by atoms with E-state index in [0.29, 0.717) is 22.3 Å². The largest absolute Gasteiger partial charge is 0.392 e. The molecule has 1 unspecified atom stereocenters. The maximum absolute atomic E-state index is 12.5. The molecule has 1 aromatic heterocycles. The standard InChI is InChI=1S/C13H16BrN3O3S/c1-2-11(13-15-5-6-16-13)17-21(19,20)12-7-9(8-18)3-4-10(12)14/h3-7,11,17-18H,2,8H2,1H3,(H,15,16). The second kappa shape index (κ2) is 6.69. The lowest BCUT2D eigenvalue weighted by molar-refractivity contribution is 0.281. The van der Waals surface area contributed by atoms with Crippen LogP contribution < -0.4 is 4.72 Å². The minimum Gasteiger partial charge on any atom is -0.392 e. The molecule has 2 aromatic rings. The molecule has 0 fully saturated rings. The van der Waals surface area contributed by atoms with Gasteiger partial charge in [-0.25, -0.2) is 18.1 Å². The number of aliphatic hydroxyl groups excluding tert-OH is 1. The van der Waals surface area contributed by atoms with Crippen molar-refractivity contribution in [2.45, 2.75) is 30.9 Å². The van der Waals surface area contributed by atoms with Gasteiger partial charge in [0.1, 0.15) is 5.82 Å². The van der Waals surface area contributed by atoms with Crippen LogP contribution in [0.1, 0.15) is 30.8 Å². The highest BCUT2D eigenvalue weighted by atomic mass is 79.9. The second-order valence-corrected chi connectivity index (χ2v) is 7.02. The number of nitrogens with zero attached hydrogens (tertiary/aromatic N) is 1. The third-order valence-corrected chi connectivity index (χ3v) is 5.49. The smallest absolute Gasteiger partial charge is 0.242 e. The number of imidazole rings is 1. The second-order valence-electron chi connectivity index (χ2n) is 4.48. The zero-order valence-corrected chi connectivity index (χ0v) is 13.8. The molecule has 1 heterocycles. The van der Waals surface area contributed by atoms with Gasteiger partial charge in [0.25, 0.3) is 0 Å². The molecule has 0 aliphatic rings. The Balaban J connectivity index is 2.34. The van der Waals surface area contributed by atoms with E-state index < -0.39 is 16.1 Å². The number of hydrogen-bond acceptors (Lipinski definition) is 4. The molecule has 0 bridgehead atoms. The van der Waals surface area contributed by atoms with E-state index in [0.717, 1.165) is 0 Å². The minimum atomic E-state index is -3.73. The fourth-order valence-electron chi connectivity index (χ4n) is 1.90. The predicted octanol–water partition coefficient (Wildman–Crippen LogP) is 2.09. The molecule has 0 aliphatic carbocycles. The molecule has 21 heavy (non-hydrogen) atoms. The van der Waals surface area contributed by atoms with E-state index in [4.69, 9.17) is 5.11 Å². The van der Waals surface area contributed by atoms with Gasteiger partial charge in [0.2, 0.25) is 10.0 Å². The molecular weight excluding hydrogens is 358 g/mol. The molecule has 0 aliphatic heterocycles.